The van der Waals surface area contributed by atoms with Gasteiger partial charge in [0.2, 0.25) is 0 Å². The molecule has 19 nitrogen and oxygen atoms in total. The number of benzene rings is 5. The summed E-state index contributed by atoms with van der Waals surface area (Å²) in [6.45, 7) is 8.71. The van der Waals surface area contributed by atoms with E-state index in [-0.39, 0.29) is 54.6 Å². The second-order valence-corrected chi connectivity index (χ2v) is 19.2. The Labute approximate surface area is 423 Å². The number of hydrogen-bond acceptors (Lipinski definition) is 15. The third-order valence-corrected chi connectivity index (χ3v) is 14.5. The average Bonchev–Trinajstić information content (AvgIpc) is 4.01. The van der Waals surface area contributed by atoms with Crippen LogP contribution in [-0.4, -0.2) is 91.4 Å². The molecule has 1 unspecified atom stereocenters. The molecule has 0 bridgehead atoms. The molecule has 7 aromatic rings. The summed E-state index contributed by atoms with van der Waals surface area (Å²) >= 11 is 0. The second-order valence-electron chi connectivity index (χ2n) is 17.8. The number of carbonyl (C=O) groups excluding carboxylic acids is 1. The Morgan fingerprint density at radius 3 is 1.89 bits per heavy atom. The first kappa shape index (κ1) is 52.1. The maximum Gasteiger partial charge on any atom is 0.412 e. The van der Waals surface area contributed by atoms with E-state index >= 15 is 0 Å². The fourth-order valence-corrected chi connectivity index (χ4v) is 10.6. The van der Waals surface area contributed by atoms with E-state index in [2.05, 4.69) is 52.6 Å². The zero-order valence-corrected chi connectivity index (χ0v) is 41.9. The summed E-state index contributed by atoms with van der Waals surface area (Å²) in [6.07, 6.45) is 1.25. The third-order valence-electron chi connectivity index (χ3n) is 12.3. The lowest BCUT2D eigenvalue weighted by atomic mass is 9.80. The molecule has 1 saturated heterocycles. The first-order valence-corrected chi connectivity index (χ1v) is 25.0. The van der Waals surface area contributed by atoms with E-state index in [1.165, 1.54) is 30.6 Å². The van der Waals surface area contributed by atoms with Crippen molar-refractivity contribution in [1.29, 1.82) is 0 Å². The lowest BCUT2D eigenvalue weighted by Gasteiger charge is -2.37. The number of rotatable bonds is 23. The summed E-state index contributed by atoms with van der Waals surface area (Å²) in [4.78, 5) is 48.3. The summed E-state index contributed by atoms with van der Waals surface area (Å²) < 4.78 is 43.2. The maximum atomic E-state index is 13.1. The Balaban J connectivity index is 1.10. The van der Waals surface area contributed by atoms with E-state index in [9.17, 15) is 25.0 Å². The van der Waals surface area contributed by atoms with Crippen LogP contribution in [0.3, 0.4) is 0 Å². The van der Waals surface area contributed by atoms with Gasteiger partial charge in [0.15, 0.2) is 23.2 Å². The van der Waals surface area contributed by atoms with Crippen LogP contribution in [0.2, 0.25) is 0 Å². The van der Waals surface area contributed by atoms with E-state index in [1.807, 2.05) is 84.9 Å². The smallest absolute Gasteiger partial charge is 0.412 e. The molecule has 1 aliphatic rings. The summed E-state index contributed by atoms with van der Waals surface area (Å²) in [5, 5.41) is 25.1. The highest BCUT2D eigenvalue weighted by Crippen LogP contribution is 2.51. The van der Waals surface area contributed by atoms with Gasteiger partial charge in [-0.1, -0.05) is 97.1 Å². The minimum absolute atomic E-state index is 0.00169. The van der Waals surface area contributed by atoms with Crippen LogP contribution >= 0.6 is 8.53 Å². The molecule has 0 saturated carbocycles. The number of amides is 1. The van der Waals surface area contributed by atoms with Crippen molar-refractivity contribution in [3.63, 3.8) is 0 Å². The Morgan fingerprint density at radius 2 is 1.34 bits per heavy atom. The first-order valence-electron chi connectivity index (χ1n) is 23.9. The van der Waals surface area contributed by atoms with Crippen LogP contribution in [0.15, 0.2) is 146 Å². The van der Waals surface area contributed by atoms with Crippen LogP contribution in [0.1, 0.15) is 68.2 Å². The molecule has 1 fully saturated rings. The average molecular weight is 1010 g/mol. The van der Waals surface area contributed by atoms with Crippen LogP contribution in [0, 0.1) is 20.2 Å². The van der Waals surface area contributed by atoms with Gasteiger partial charge < -0.3 is 28.0 Å². The second kappa shape index (κ2) is 24.0. The number of nitro groups is 2. The van der Waals surface area contributed by atoms with Gasteiger partial charge in [-0.25, -0.2) is 24.4 Å². The molecule has 2 aromatic heterocycles. The third kappa shape index (κ3) is 12.3. The highest BCUT2D eigenvalue weighted by atomic mass is 31.2. The van der Waals surface area contributed by atoms with E-state index in [0.717, 1.165) is 27.8 Å². The quantitative estimate of drug-likeness (QED) is 0.0273. The number of nitrogens with one attached hydrogen (secondary N) is 1. The largest absolute Gasteiger partial charge is 0.497 e. The zero-order valence-electron chi connectivity index (χ0n) is 41.1. The van der Waals surface area contributed by atoms with Crippen molar-refractivity contribution < 1.29 is 42.6 Å². The number of fused-ring (bicyclic) bond motifs is 1. The number of nitrogens with zero attached hydrogens (tertiary/aromatic N) is 7. The van der Waals surface area contributed by atoms with Gasteiger partial charge >= 0.3 is 6.09 Å². The van der Waals surface area contributed by atoms with Gasteiger partial charge in [0.1, 0.15) is 23.8 Å². The molecule has 1 N–H and O–H groups in total. The number of methoxy groups -OCH3 is 1. The van der Waals surface area contributed by atoms with E-state index in [4.69, 9.17) is 28.0 Å². The molecule has 73 heavy (non-hydrogen) atoms. The van der Waals surface area contributed by atoms with E-state index in [0.29, 0.717) is 30.7 Å². The number of hydrogen-bond donors (Lipinski definition) is 1. The monoisotopic (exact) mass is 1010 g/mol. The number of carbonyl (C=O) groups is 1. The number of ether oxygens (including phenoxy) is 4. The van der Waals surface area contributed by atoms with Gasteiger partial charge in [0.25, 0.3) is 19.9 Å². The molecule has 8 rings (SSSR count). The topological polar surface area (TPSA) is 218 Å². The minimum atomic E-state index is -1.76. The minimum Gasteiger partial charge on any atom is -0.497 e. The van der Waals surface area contributed by atoms with Crippen molar-refractivity contribution >= 4 is 43.0 Å². The molecule has 5 aromatic carbocycles. The predicted molar refractivity (Wildman–Crippen MR) is 274 cm³/mol. The van der Waals surface area contributed by atoms with Crippen LogP contribution in [-0.2, 0) is 41.7 Å². The molecule has 3 heterocycles. The molecule has 0 aliphatic carbocycles. The summed E-state index contributed by atoms with van der Waals surface area (Å²) in [6, 6.07) is 40.4. The predicted octanol–water partition coefficient (Wildman–Crippen LogP) is 10.7. The van der Waals surface area contributed by atoms with E-state index < -0.39 is 48.5 Å². The maximum absolute atomic E-state index is 13.1. The Bertz CT molecular complexity index is 2880. The van der Waals surface area contributed by atoms with E-state index in [1.54, 1.807) is 42.3 Å². The fourth-order valence-electron chi connectivity index (χ4n) is 8.88. The molecule has 380 valence electrons. The lowest BCUT2D eigenvalue weighted by Crippen LogP contribution is -2.36. The van der Waals surface area contributed by atoms with Crippen molar-refractivity contribution in [2.75, 3.05) is 32.2 Å². The van der Waals surface area contributed by atoms with Crippen molar-refractivity contribution in [3.8, 4) is 5.75 Å². The highest BCUT2D eigenvalue weighted by Gasteiger charge is 2.45. The van der Waals surface area contributed by atoms with Crippen molar-refractivity contribution in [2.24, 2.45) is 0 Å². The highest BCUT2D eigenvalue weighted by molar-refractivity contribution is 7.44. The number of imidazole rings is 1. The molecule has 1 amide bonds. The van der Waals surface area contributed by atoms with Crippen LogP contribution in [0.4, 0.5) is 22.0 Å². The Hall–Kier alpha value is -7.25. The van der Waals surface area contributed by atoms with Gasteiger partial charge in [-0.2, -0.15) is 0 Å². The summed E-state index contributed by atoms with van der Waals surface area (Å²) in [5.41, 5.74) is 3.85. The normalized spacial score (nSPS) is 16.2. The van der Waals surface area contributed by atoms with Crippen molar-refractivity contribution in [2.45, 2.75) is 83.1 Å². The first-order chi connectivity index (χ1) is 35.3. The van der Waals surface area contributed by atoms with Crippen LogP contribution < -0.4 is 10.1 Å². The number of non-ortho nitro benzene ring substituents is 2. The van der Waals surface area contributed by atoms with Gasteiger partial charge in [-0.3, -0.25) is 30.1 Å². The standard InChI is InChI=1S/C53H57N8O11P/c1-36(2)59(37(3)4)73(70-31-29-39-18-24-44(25-19-39)61(65)66)72-47-32-46(33-69-53(40-12-8-6-9-13-40,41-14-10-7-11-15-41)42-20-26-45(67-5)27-21-42)71-51(47)58-35-56-48-49(54-34-55-50(48)58)57-52(62)68-30-28-38-16-22-43(23-17-38)60(63)64/h6-27,34-37,46-47,51H,28-33H2,1-5H3,(H,54,55,57,62)/t46-,47+,51+,73?/m0/s1. The van der Waals surface area contributed by atoms with Gasteiger partial charge in [-0.05, 0) is 74.1 Å². The molecular weight excluding hydrogens is 956 g/mol. The van der Waals surface area contributed by atoms with Gasteiger partial charge in [0, 0.05) is 49.2 Å². The number of nitro benzene ring substituents is 2. The van der Waals surface area contributed by atoms with Crippen molar-refractivity contribution in [3.05, 3.63) is 194 Å². The molecular formula is C53H57N8O11P. The molecule has 4 atom stereocenters. The number of aromatic nitrogens is 4. The molecule has 1 aliphatic heterocycles. The van der Waals surface area contributed by atoms with Crippen LogP contribution in [0.25, 0.3) is 11.2 Å². The molecule has 0 spiro atoms. The molecule has 0 radical (unpaired) electrons. The summed E-state index contributed by atoms with van der Waals surface area (Å²) in [5.74, 6) is 0.812. The van der Waals surface area contributed by atoms with Crippen molar-refractivity contribution in [1.82, 2.24) is 24.2 Å². The number of anilines is 1. The summed E-state index contributed by atoms with van der Waals surface area (Å²) in [7, 11) is -0.128. The van der Waals surface area contributed by atoms with Crippen LogP contribution in [0.5, 0.6) is 5.75 Å². The Morgan fingerprint density at radius 1 is 0.781 bits per heavy atom. The lowest BCUT2D eigenvalue weighted by molar-refractivity contribution is -0.385. The Kier molecular flexibility index (Phi) is 17.1. The van der Waals surface area contributed by atoms with Gasteiger partial charge in [-0.15, -0.1) is 0 Å². The SMILES string of the molecule is COc1ccc(C(OC[C@@H]2C[C@@H](OP(OCCc3ccc([N+](=O)[O-])cc3)N(C(C)C)C(C)C)[C@H](n3cnc4c(NC(=O)OCCc5ccc([N+](=O)[O-])cc5)ncnc43)O2)(c2ccccc2)c2ccccc2)cc1. The molecule has 20 heteroatoms. The fraction of sp³-hybridized carbons (Fsp3) is 0.321. The zero-order chi connectivity index (χ0) is 51.5. The van der Waals surface area contributed by atoms with Gasteiger partial charge in [0.05, 0.1) is 49.2 Å².